The average Bonchev–Trinajstić information content (AvgIpc) is 3.35. The van der Waals surface area contributed by atoms with Gasteiger partial charge in [-0.2, -0.15) is 0 Å². The van der Waals surface area contributed by atoms with Gasteiger partial charge >= 0.3 is 5.97 Å². The first-order valence-electron chi connectivity index (χ1n) is 7.82. The van der Waals surface area contributed by atoms with Crippen molar-refractivity contribution in [1.29, 1.82) is 0 Å². The van der Waals surface area contributed by atoms with Gasteiger partial charge < -0.3 is 14.7 Å². The second kappa shape index (κ2) is 9.49. The van der Waals surface area contributed by atoms with Crippen LogP contribution in [0.2, 0.25) is 0 Å². The lowest BCUT2D eigenvalue weighted by molar-refractivity contribution is -0.138. The van der Waals surface area contributed by atoms with E-state index in [-0.39, 0.29) is 31.3 Å². The Morgan fingerprint density at radius 2 is 1.88 bits per heavy atom. The Balaban J connectivity index is 0.00000288. The molecular formula is C17H25ClN2O4. The Bertz CT molecular complexity index is 546. The number of nitrogens with zero attached hydrogens (tertiary/aromatic N) is 2. The van der Waals surface area contributed by atoms with Gasteiger partial charge in [0, 0.05) is 19.1 Å². The third kappa shape index (κ3) is 6.37. The molecule has 0 atom stereocenters. The van der Waals surface area contributed by atoms with Gasteiger partial charge in [0.05, 0.1) is 20.1 Å². The van der Waals surface area contributed by atoms with Crippen molar-refractivity contribution >= 4 is 24.3 Å². The van der Waals surface area contributed by atoms with Crippen molar-refractivity contribution in [2.75, 3.05) is 27.2 Å². The van der Waals surface area contributed by atoms with Crippen LogP contribution in [0.15, 0.2) is 24.3 Å². The van der Waals surface area contributed by atoms with Crippen molar-refractivity contribution in [3.8, 4) is 5.75 Å². The van der Waals surface area contributed by atoms with Gasteiger partial charge in [0.1, 0.15) is 5.75 Å². The van der Waals surface area contributed by atoms with Crippen molar-refractivity contribution in [2.24, 2.45) is 0 Å². The first kappa shape index (κ1) is 20.3. The lowest BCUT2D eigenvalue weighted by Gasteiger charge is -2.25. The molecule has 134 valence electrons. The van der Waals surface area contributed by atoms with E-state index in [0.717, 1.165) is 24.2 Å². The van der Waals surface area contributed by atoms with Crippen LogP contribution >= 0.6 is 12.4 Å². The molecule has 0 aliphatic heterocycles. The van der Waals surface area contributed by atoms with Crippen LogP contribution in [0.1, 0.15) is 24.8 Å². The molecule has 0 heterocycles. The number of carboxylic acid groups (broad SMARTS) is 1. The monoisotopic (exact) mass is 356 g/mol. The van der Waals surface area contributed by atoms with Crippen LogP contribution < -0.4 is 4.74 Å². The SMILES string of the molecule is COc1ccc(CN(C(=O)CN(C)CCC(=O)O)C2CC2)cc1.Cl. The van der Waals surface area contributed by atoms with Crippen LogP contribution in [-0.4, -0.2) is 60.1 Å². The summed E-state index contributed by atoms with van der Waals surface area (Å²) >= 11 is 0. The zero-order chi connectivity index (χ0) is 16.8. The van der Waals surface area contributed by atoms with Crippen molar-refractivity contribution in [2.45, 2.75) is 31.8 Å². The molecule has 0 saturated heterocycles. The van der Waals surface area contributed by atoms with Gasteiger partial charge in [0.2, 0.25) is 5.91 Å². The van der Waals surface area contributed by atoms with Crippen LogP contribution in [0, 0.1) is 0 Å². The molecule has 1 N–H and O–H groups in total. The minimum Gasteiger partial charge on any atom is -0.497 e. The van der Waals surface area contributed by atoms with Crippen molar-refractivity contribution in [1.82, 2.24) is 9.80 Å². The highest BCUT2D eigenvalue weighted by Gasteiger charge is 2.32. The zero-order valence-electron chi connectivity index (χ0n) is 14.1. The fourth-order valence-electron chi connectivity index (χ4n) is 2.42. The predicted molar refractivity (Wildman–Crippen MR) is 93.6 cm³/mol. The van der Waals surface area contributed by atoms with E-state index in [1.165, 1.54) is 0 Å². The highest BCUT2D eigenvalue weighted by atomic mass is 35.5. The number of amides is 1. The Hall–Kier alpha value is -1.79. The van der Waals surface area contributed by atoms with Gasteiger partial charge in [-0.15, -0.1) is 12.4 Å². The molecule has 2 rings (SSSR count). The molecular weight excluding hydrogens is 332 g/mol. The Labute approximate surface area is 148 Å². The number of hydrogen-bond acceptors (Lipinski definition) is 4. The molecule has 1 aromatic rings. The summed E-state index contributed by atoms with van der Waals surface area (Å²) in [5, 5.41) is 8.71. The Morgan fingerprint density at radius 3 is 2.38 bits per heavy atom. The molecule has 0 radical (unpaired) electrons. The summed E-state index contributed by atoms with van der Waals surface area (Å²) in [4.78, 5) is 26.8. The minimum absolute atomic E-state index is 0. The number of carbonyl (C=O) groups excluding carboxylic acids is 1. The number of methoxy groups -OCH3 is 1. The van der Waals surface area contributed by atoms with Crippen LogP contribution in [0.5, 0.6) is 5.75 Å². The molecule has 24 heavy (non-hydrogen) atoms. The van der Waals surface area contributed by atoms with E-state index in [1.807, 2.05) is 29.2 Å². The van der Waals surface area contributed by atoms with E-state index in [1.54, 1.807) is 19.1 Å². The van der Waals surface area contributed by atoms with Gasteiger partial charge in [0.15, 0.2) is 0 Å². The number of likely N-dealkylation sites (N-methyl/N-ethyl adjacent to an activating group) is 1. The number of rotatable bonds is 9. The standard InChI is InChI=1S/C17H24N2O4.ClH/c1-18(10-9-17(21)22)12-16(20)19(14-5-6-14)11-13-3-7-15(23-2)8-4-13;/h3-4,7-8,14H,5-6,9-12H2,1-2H3,(H,21,22);1H. The number of benzene rings is 1. The molecule has 1 aliphatic carbocycles. The minimum atomic E-state index is -0.846. The summed E-state index contributed by atoms with van der Waals surface area (Å²) in [5.74, 6) is 0.00393. The van der Waals surface area contributed by atoms with Gasteiger partial charge in [-0.25, -0.2) is 0 Å². The van der Waals surface area contributed by atoms with Gasteiger partial charge in [-0.05, 0) is 37.6 Å². The van der Waals surface area contributed by atoms with Gasteiger partial charge in [-0.1, -0.05) is 12.1 Å². The molecule has 1 amide bonds. The number of halogens is 1. The number of hydrogen-bond donors (Lipinski definition) is 1. The summed E-state index contributed by atoms with van der Waals surface area (Å²) in [5.41, 5.74) is 1.07. The topological polar surface area (TPSA) is 70.1 Å². The highest BCUT2D eigenvalue weighted by Crippen LogP contribution is 2.28. The Kier molecular flexibility index (Phi) is 8.01. The molecule has 0 aromatic heterocycles. The zero-order valence-corrected chi connectivity index (χ0v) is 14.9. The van der Waals surface area contributed by atoms with Crippen molar-refractivity contribution in [3.05, 3.63) is 29.8 Å². The third-order valence-corrected chi connectivity index (χ3v) is 3.93. The van der Waals surface area contributed by atoms with E-state index in [9.17, 15) is 9.59 Å². The van der Waals surface area contributed by atoms with Crippen LogP contribution in [0.4, 0.5) is 0 Å². The van der Waals surface area contributed by atoms with Crippen molar-refractivity contribution in [3.63, 3.8) is 0 Å². The number of carbonyl (C=O) groups is 2. The largest absolute Gasteiger partial charge is 0.497 e. The summed E-state index contributed by atoms with van der Waals surface area (Å²) < 4.78 is 5.15. The van der Waals surface area contributed by atoms with Crippen LogP contribution in [0.3, 0.4) is 0 Å². The first-order chi connectivity index (χ1) is 11.0. The van der Waals surface area contributed by atoms with E-state index in [4.69, 9.17) is 9.84 Å². The second-order valence-electron chi connectivity index (χ2n) is 5.98. The van der Waals surface area contributed by atoms with Crippen LogP contribution in [0.25, 0.3) is 0 Å². The highest BCUT2D eigenvalue weighted by molar-refractivity contribution is 5.85. The van der Waals surface area contributed by atoms with Gasteiger partial charge in [0.25, 0.3) is 0 Å². The molecule has 0 unspecified atom stereocenters. The summed E-state index contributed by atoms with van der Waals surface area (Å²) in [7, 11) is 3.40. The predicted octanol–water partition coefficient (Wildman–Crippen LogP) is 2.01. The fourth-order valence-corrected chi connectivity index (χ4v) is 2.42. The molecule has 7 heteroatoms. The second-order valence-corrected chi connectivity index (χ2v) is 5.98. The van der Waals surface area contributed by atoms with E-state index in [2.05, 4.69) is 0 Å². The molecule has 1 aromatic carbocycles. The maximum absolute atomic E-state index is 12.5. The number of aliphatic carboxylic acids is 1. The third-order valence-electron chi connectivity index (χ3n) is 3.93. The van der Waals surface area contributed by atoms with E-state index in [0.29, 0.717) is 19.1 Å². The normalized spacial score (nSPS) is 13.3. The smallest absolute Gasteiger partial charge is 0.304 e. The Morgan fingerprint density at radius 1 is 1.25 bits per heavy atom. The molecule has 1 aliphatic rings. The molecule has 1 saturated carbocycles. The molecule has 6 nitrogen and oxygen atoms in total. The molecule has 0 spiro atoms. The maximum atomic E-state index is 12.5. The fraction of sp³-hybridized carbons (Fsp3) is 0.529. The van der Waals surface area contributed by atoms with Gasteiger partial charge in [-0.3, -0.25) is 14.5 Å². The van der Waals surface area contributed by atoms with E-state index >= 15 is 0 Å². The molecule has 0 bridgehead atoms. The summed E-state index contributed by atoms with van der Waals surface area (Å²) in [6, 6.07) is 8.04. The molecule has 1 fully saturated rings. The van der Waals surface area contributed by atoms with E-state index < -0.39 is 5.97 Å². The van der Waals surface area contributed by atoms with Crippen molar-refractivity contribution < 1.29 is 19.4 Å². The number of carboxylic acids is 1. The lowest BCUT2D eigenvalue weighted by Crippen LogP contribution is -2.40. The lowest BCUT2D eigenvalue weighted by atomic mass is 10.2. The number of ether oxygens (including phenoxy) is 1. The summed E-state index contributed by atoms with van der Waals surface area (Å²) in [6.07, 6.45) is 2.13. The van der Waals surface area contributed by atoms with Crippen LogP contribution in [-0.2, 0) is 16.1 Å². The quantitative estimate of drug-likeness (QED) is 0.733. The first-order valence-corrected chi connectivity index (χ1v) is 7.82. The average molecular weight is 357 g/mol. The summed E-state index contributed by atoms with van der Waals surface area (Å²) in [6.45, 7) is 1.21. The maximum Gasteiger partial charge on any atom is 0.304 e.